The molecule has 1 aromatic carbocycles. The molecule has 2 aliphatic rings. The number of carbonyl (C=O) groups excluding carboxylic acids is 3. The standard InChI is InChI=1S/C17H19N2O8PS/c1-9(20)27-7-11-8-29-17-12(15(23)19(17)16(11)28(24,25)26)18-14(22)13(21)10-5-3-2-4-6-10/h2-6,12-13,17,21H,7-8H2,1H3,(H,18,22)(H2,24,25,26)/t12-,13?,17+/m1/s1. The Morgan fingerprint density at radius 2 is 2.00 bits per heavy atom. The zero-order valence-corrected chi connectivity index (χ0v) is 16.9. The van der Waals surface area contributed by atoms with Crippen LogP contribution in [0, 0.1) is 0 Å². The maximum atomic E-state index is 12.6. The Labute approximate surface area is 170 Å². The van der Waals surface area contributed by atoms with Crippen molar-refractivity contribution >= 4 is 37.1 Å². The second-order valence-corrected chi connectivity index (χ2v) is 9.08. The van der Waals surface area contributed by atoms with Gasteiger partial charge in [0.1, 0.15) is 23.5 Å². The molecule has 0 aliphatic carbocycles. The normalized spacial score (nSPS) is 22.5. The summed E-state index contributed by atoms with van der Waals surface area (Å²) in [6.45, 7) is 0.817. The fraction of sp³-hybridized carbons (Fsp3) is 0.353. The topological polar surface area (TPSA) is 153 Å². The molecule has 0 radical (unpaired) electrons. The second kappa shape index (κ2) is 8.29. The first-order valence-electron chi connectivity index (χ1n) is 8.51. The van der Waals surface area contributed by atoms with Crippen molar-refractivity contribution in [3.8, 4) is 0 Å². The Bertz CT molecular complexity index is 915. The Kier molecular flexibility index (Phi) is 6.16. The van der Waals surface area contributed by atoms with Gasteiger partial charge in [-0.3, -0.25) is 23.8 Å². The van der Waals surface area contributed by atoms with Gasteiger partial charge in [0.2, 0.25) is 0 Å². The molecule has 1 aromatic rings. The van der Waals surface area contributed by atoms with Crippen molar-refractivity contribution in [2.75, 3.05) is 12.4 Å². The van der Waals surface area contributed by atoms with Crippen LogP contribution in [-0.4, -0.2) is 61.4 Å². The van der Waals surface area contributed by atoms with E-state index in [-0.39, 0.29) is 17.9 Å². The molecule has 2 aliphatic heterocycles. The minimum absolute atomic E-state index is 0.107. The van der Waals surface area contributed by atoms with E-state index in [1.807, 2.05) is 0 Å². The quantitative estimate of drug-likeness (QED) is 0.272. The van der Waals surface area contributed by atoms with Crippen LogP contribution in [0.4, 0.5) is 0 Å². The number of β-lactam (4-membered cyclic amide) rings is 1. The van der Waals surface area contributed by atoms with E-state index in [4.69, 9.17) is 4.74 Å². The summed E-state index contributed by atoms with van der Waals surface area (Å²) in [6, 6.07) is 7.11. The van der Waals surface area contributed by atoms with Gasteiger partial charge in [-0.25, -0.2) is 0 Å². The van der Waals surface area contributed by atoms with Gasteiger partial charge in [-0.05, 0) is 5.56 Å². The summed E-state index contributed by atoms with van der Waals surface area (Å²) in [5, 5.41) is 11.9. The molecule has 0 aromatic heterocycles. The van der Waals surface area contributed by atoms with Crippen LogP contribution in [0.3, 0.4) is 0 Å². The van der Waals surface area contributed by atoms with Gasteiger partial charge < -0.3 is 24.9 Å². The van der Waals surface area contributed by atoms with Crippen molar-refractivity contribution in [1.29, 1.82) is 0 Å². The zero-order chi connectivity index (χ0) is 21.3. The average Bonchev–Trinajstić information content (AvgIpc) is 2.68. The number of amides is 2. The first kappa shape index (κ1) is 21.5. The number of thioether (sulfide) groups is 1. The van der Waals surface area contributed by atoms with Gasteiger partial charge in [-0.2, -0.15) is 0 Å². The van der Waals surface area contributed by atoms with E-state index in [9.17, 15) is 33.8 Å². The Morgan fingerprint density at radius 1 is 1.34 bits per heavy atom. The SMILES string of the molecule is CC(=O)OCC1=C(P(=O)(O)O)N2C(=O)[C@@H](NC(=O)C(O)c3ccccc3)[C@@H]2SC1. The number of hydrogen-bond donors (Lipinski definition) is 4. The molecule has 156 valence electrons. The summed E-state index contributed by atoms with van der Waals surface area (Å²) in [6.07, 6.45) is -1.48. The Hall–Kier alpha value is -2.17. The predicted molar refractivity (Wildman–Crippen MR) is 102 cm³/mol. The fourth-order valence-corrected chi connectivity index (χ4v) is 5.65. The molecule has 0 saturated carbocycles. The van der Waals surface area contributed by atoms with Crippen molar-refractivity contribution in [2.24, 2.45) is 0 Å². The second-order valence-electron chi connectivity index (χ2n) is 6.46. The molecule has 0 bridgehead atoms. The summed E-state index contributed by atoms with van der Waals surface area (Å²) >= 11 is 1.17. The average molecular weight is 442 g/mol. The fourth-order valence-electron chi connectivity index (χ4n) is 3.07. The third-order valence-corrected chi connectivity index (χ3v) is 6.83. The number of hydrogen-bond acceptors (Lipinski definition) is 7. The van der Waals surface area contributed by atoms with Crippen LogP contribution in [0.15, 0.2) is 41.3 Å². The third-order valence-electron chi connectivity index (χ3n) is 4.40. The number of aliphatic hydroxyl groups excluding tert-OH is 1. The number of fused-ring (bicyclic) bond motifs is 1. The molecule has 2 heterocycles. The number of benzene rings is 1. The number of carbonyl (C=O) groups is 3. The molecule has 29 heavy (non-hydrogen) atoms. The van der Waals surface area contributed by atoms with Crippen molar-refractivity contribution in [2.45, 2.75) is 24.4 Å². The van der Waals surface area contributed by atoms with Gasteiger partial charge in [0.15, 0.2) is 6.10 Å². The Morgan fingerprint density at radius 3 is 2.59 bits per heavy atom. The highest BCUT2D eigenvalue weighted by atomic mass is 32.2. The number of nitrogens with zero attached hydrogens (tertiary/aromatic N) is 1. The highest BCUT2D eigenvalue weighted by Gasteiger charge is 2.56. The number of aliphatic hydroxyl groups is 1. The smallest absolute Gasteiger partial charge is 0.372 e. The van der Waals surface area contributed by atoms with Gasteiger partial charge in [-0.1, -0.05) is 30.3 Å². The largest absolute Gasteiger partial charge is 0.461 e. The van der Waals surface area contributed by atoms with E-state index < -0.39 is 48.3 Å². The monoisotopic (exact) mass is 442 g/mol. The lowest BCUT2D eigenvalue weighted by molar-refractivity contribution is -0.147. The van der Waals surface area contributed by atoms with Crippen LogP contribution in [0.1, 0.15) is 18.6 Å². The van der Waals surface area contributed by atoms with Gasteiger partial charge in [0, 0.05) is 18.2 Å². The van der Waals surface area contributed by atoms with E-state index in [0.717, 1.165) is 11.8 Å². The molecular formula is C17H19N2O8PS. The van der Waals surface area contributed by atoms with Gasteiger partial charge in [-0.15, -0.1) is 11.8 Å². The highest BCUT2D eigenvalue weighted by Crippen LogP contribution is 2.55. The van der Waals surface area contributed by atoms with Gasteiger partial charge in [0.05, 0.1) is 0 Å². The van der Waals surface area contributed by atoms with E-state index in [1.165, 1.54) is 11.8 Å². The maximum absolute atomic E-state index is 12.6. The summed E-state index contributed by atoms with van der Waals surface area (Å²) in [5.41, 5.74) is -0.0109. The van der Waals surface area contributed by atoms with E-state index in [1.54, 1.807) is 30.3 Å². The lowest BCUT2D eigenvalue weighted by Gasteiger charge is -2.50. The van der Waals surface area contributed by atoms with Gasteiger partial charge in [0.25, 0.3) is 11.8 Å². The maximum Gasteiger partial charge on any atom is 0.372 e. The minimum Gasteiger partial charge on any atom is -0.461 e. The summed E-state index contributed by atoms with van der Waals surface area (Å²) in [4.78, 5) is 56.2. The summed E-state index contributed by atoms with van der Waals surface area (Å²) in [5.74, 6) is -2.02. The minimum atomic E-state index is -4.85. The molecule has 3 rings (SSSR count). The molecule has 0 spiro atoms. The molecule has 1 fully saturated rings. The lowest BCUT2D eigenvalue weighted by atomic mass is 10.0. The summed E-state index contributed by atoms with van der Waals surface area (Å²) in [7, 11) is -4.85. The highest BCUT2D eigenvalue weighted by molar-refractivity contribution is 8.00. The number of ether oxygens (including phenoxy) is 1. The predicted octanol–water partition coefficient (Wildman–Crippen LogP) is 0.0723. The third kappa shape index (κ3) is 4.39. The lowest BCUT2D eigenvalue weighted by Crippen LogP contribution is -2.70. The molecular weight excluding hydrogens is 423 g/mol. The van der Waals surface area contributed by atoms with Crippen LogP contribution >= 0.6 is 19.4 Å². The van der Waals surface area contributed by atoms with Crippen molar-refractivity contribution in [3.63, 3.8) is 0 Å². The van der Waals surface area contributed by atoms with E-state index in [0.29, 0.717) is 5.56 Å². The zero-order valence-electron chi connectivity index (χ0n) is 15.2. The van der Waals surface area contributed by atoms with Crippen molar-refractivity contribution in [1.82, 2.24) is 10.2 Å². The van der Waals surface area contributed by atoms with Crippen LogP contribution in [0.25, 0.3) is 0 Å². The van der Waals surface area contributed by atoms with Crippen LogP contribution in [0.5, 0.6) is 0 Å². The Balaban J connectivity index is 1.76. The number of esters is 1. The van der Waals surface area contributed by atoms with Crippen LogP contribution in [-0.2, 0) is 23.7 Å². The molecule has 1 saturated heterocycles. The first-order chi connectivity index (χ1) is 13.6. The van der Waals surface area contributed by atoms with Crippen molar-refractivity contribution < 1.29 is 38.6 Å². The van der Waals surface area contributed by atoms with E-state index >= 15 is 0 Å². The molecule has 4 N–H and O–H groups in total. The first-order valence-corrected chi connectivity index (χ1v) is 11.2. The molecule has 2 amide bonds. The molecule has 10 nitrogen and oxygen atoms in total. The van der Waals surface area contributed by atoms with Crippen molar-refractivity contribution in [3.05, 3.63) is 46.9 Å². The van der Waals surface area contributed by atoms with Gasteiger partial charge >= 0.3 is 13.6 Å². The van der Waals surface area contributed by atoms with Crippen LogP contribution < -0.4 is 5.32 Å². The van der Waals surface area contributed by atoms with Crippen LogP contribution in [0.2, 0.25) is 0 Å². The number of rotatable bonds is 6. The molecule has 1 unspecified atom stereocenters. The molecule has 12 heteroatoms. The summed E-state index contributed by atoms with van der Waals surface area (Å²) < 4.78 is 16.8. The molecule has 3 atom stereocenters. The number of nitrogens with one attached hydrogen (secondary N) is 1. The van der Waals surface area contributed by atoms with E-state index in [2.05, 4.69) is 5.32 Å².